The SMILES string of the molecule is CC(=O)c1ccc(OC(C)C)c(-n2c(CN3CCN(C(=O)COc4ccc(Cl)cc4)CC3)cc3ccccc3c2=O)c1. The topological polar surface area (TPSA) is 81.1 Å². The Hall–Kier alpha value is -4.14. The number of Topliss-reactive ketones (excluding diaryl/α,β-unsaturated/α-hetero) is 1. The summed E-state index contributed by atoms with van der Waals surface area (Å²) in [4.78, 5) is 43.1. The smallest absolute Gasteiger partial charge is 0.263 e. The predicted octanol–water partition coefficient (Wildman–Crippen LogP) is 5.36. The van der Waals surface area contributed by atoms with Crippen LogP contribution in [0.25, 0.3) is 16.5 Å². The van der Waals surface area contributed by atoms with Crippen molar-refractivity contribution in [3.63, 3.8) is 0 Å². The van der Waals surface area contributed by atoms with E-state index in [2.05, 4.69) is 4.90 Å². The standard InChI is InChI=1S/C33H34ClN3O5/c1-22(2)42-31-13-8-24(23(3)38)19-30(31)37-27(18-25-6-4-5-7-29(25)33(37)40)20-35-14-16-36(17-15-35)32(39)21-41-28-11-9-26(34)10-12-28/h4-13,18-19,22H,14-17,20-21H2,1-3H3. The molecule has 4 aromatic rings. The number of ketones is 1. The largest absolute Gasteiger partial charge is 0.489 e. The van der Waals surface area contributed by atoms with Crippen molar-refractivity contribution in [3.05, 3.63) is 99.4 Å². The minimum absolute atomic E-state index is 0.0447. The predicted molar refractivity (Wildman–Crippen MR) is 164 cm³/mol. The second-order valence-corrected chi connectivity index (χ2v) is 11.1. The number of benzene rings is 3. The summed E-state index contributed by atoms with van der Waals surface area (Å²) in [6, 6.07) is 21.7. The minimum Gasteiger partial charge on any atom is -0.489 e. The fourth-order valence-corrected chi connectivity index (χ4v) is 5.24. The van der Waals surface area contributed by atoms with Crippen molar-refractivity contribution < 1.29 is 19.1 Å². The van der Waals surface area contributed by atoms with Gasteiger partial charge in [-0.05, 0) is 80.8 Å². The van der Waals surface area contributed by atoms with Crippen LogP contribution in [-0.2, 0) is 11.3 Å². The highest BCUT2D eigenvalue weighted by molar-refractivity contribution is 6.30. The van der Waals surface area contributed by atoms with Gasteiger partial charge in [-0.1, -0.05) is 29.8 Å². The third-order valence-electron chi connectivity index (χ3n) is 7.26. The molecule has 1 aromatic heterocycles. The van der Waals surface area contributed by atoms with Crippen molar-refractivity contribution in [2.75, 3.05) is 32.8 Å². The molecule has 1 amide bonds. The molecular weight excluding hydrogens is 554 g/mol. The molecule has 9 heteroatoms. The summed E-state index contributed by atoms with van der Waals surface area (Å²) in [5.74, 6) is 0.951. The van der Waals surface area contributed by atoms with Gasteiger partial charge in [-0.2, -0.15) is 0 Å². The number of hydrogen-bond donors (Lipinski definition) is 0. The number of carbonyl (C=O) groups is 2. The van der Waals surface area contributed by atoms with E-state index >= 15 is 0 Å². The normalized spacial score (nSPS) is 13.9. The van der Waals surface area contributed by atoms with E-state index in [1.807, 2.05) is 44.2 Å². The lowest BCUT2D eigenvalue weighted by atomic mass is 10.1. The summed E-state index contributed by atoms with van der Waals surface area (Å²) < 4.78 is 13.4. The maximum Gasteiger partial charge on any atom is 0.263 e. The zero-order valence-corrected chi connectivity index (χ0v) is 24.8. The average molecular weight is 588 g/mol. The van der Waals surface area contributed by atoms with E-state index in [-0.39, 0.29) is 30.0 Å². The van der Waals surface area contributed by atoms with Crippen LogP contribution >= 0.6 is 11.6 Å². The highest BCUT2D eigenvalue weighted by Gasteiger charge is 2.24. The Balaban J connectivity index is 1.40. The van der Waals surface area contributed by atoms with Gasteiger partial charge in [-0.3, -0.25) is 23.9 Å². The highest BCUT2D eigenvalue weighted by atomic mass is 35.5. The van der Waals surface area contributed by atoms with Gasteiger partial charge in [0.05, 0.1) is 11.8 Å². The van der Waals surface area contributed by atoms with Gasteiger partial charge >= 0.3 is 0 Å². The quantitative estimate of drug-likeness (QED) is 0.245. The molecule has 1 fully saturated rings. The maximum atomic E-state index is 14.0. The molecule has 3 aromatic carbocycles. The van der Waals surface area contributed by atoms with Crippen LogP contribution in [0.4, 0.5) is 0 Å². The Morgan fingerprint density at radius 2 is 1.64 bits per heavy atom. The number of halogens is 1. The van der Waals surface area contributed by atoms with Gasteiger partial charge in [-0.25, -0.2) is 0 Å². The fourth-order valence-electron chi connectivity index (χ4n) is 5.11. The van der Waals surface area contributed by atoms with Crippen molar-refractivity contribution in [1.29, 1.82) is 0 Å². The van der Waals surface area contributed by atoms with E-state index in [4.69, 9.17) is 21.1 Å². The molecule has 218 valence electrons. The molecule has 0 N–H and O–H groups in total. The summed E-state index contributed by atoms with van der Waals surface area (Å²) in [5.41, 5.74) is 1.64. The van der Waals surface area contributed by atoms with Crippen LogP contribution in [-0.4, -0.2) is 64.9 Å². The van der Waals surface area contributed by atoms with Gasteiger partial charge in [-0.15, -0.1) is 0 Å². The summed E-state index contributed by atoms with van der Waals surface area (Å²) in [6.45, 7) is 8.15. The van der Waals surface area contributed by atoms with Crippen LogP contribution in [0.2, 0.25) is 5.02 Å². The van der Waals surface area contributed by atoms with Crippen LogP contribution in [0.1, 0.15) is 36.8 Å². The van der Waals surface area contributed by atoms with Gasteiger partial charge < -0.3 is 14.4 Å². The first-order chi connectivity index (χ1) is 20.2. The van der Waals surface area contributed by atoms with Crippen LogP contribution < -0.4 is 15.0 Å². The molecule has 1 saturated heterocycles. The Labute approximate surface area is 250 Å². The summed E-state index contributed by atoms with van der Waals surface area (Å²) >= 11 is 5.92. The third kappa shape index (κ3) is 6.66. The molecule has 42 heavy (non-hydrogen) atoms. The number of aromatic nitrogens is 1. The molecule has 0 radical (unpaired) electrons. The number of amides is 1. The molecule has 0 aliphatic carbocycles. The summed E-state index contributed by atoms with van der Waals surface area (Å²) in [7, 11) is 0. The molecule has 1 aliphatic rings. The zero-order chi connectivity index (χ0) is 29.8. The lowest BCUT2D eigenvalue weighted by Crippen LogP contribution is -2.49. The average Bonchev–Trinajstić information content (AvgIpc) is 2.97. The molecule has 2 heterocycles. The number of piperazine rings is 1. The fraction of sp³-hybridized carbons (Fsp3) is 0.303. The summed E-state index contributed by atoms with van der Waals surface area (Å²) in [6.07, 6.45) is -0.124. The Kier molecular flexibility index (Phi) is 8.94. The number of rotatable bonds is 9. The van der Waals surface area contributed by atoms with Crippen LogP contribution in [0.3, 0.4) is 0 Å². The Morgan fingerprint density at radius 3 is 2.33 bits per heavy atom. The van der Waals surface area contributed by atoms with Crippen molar-refractivity contribution >= 4 is 34.1 Å². The number of ether oxygens (including phenoxy) is 2. The molecule has 0 saturated carbocycles. The Morgan fingerprint density at radius 1 is 0.929 bits per heavy atom. The van der Waals surface area contributed by atoms with Crippen molar-refractivity contribution in [2.45, 2.75) is 33.4 Å². The summed E-state index contributed by atoms with van der Waals surface area (Å²) in [5, 5.41) is 2.04. The van der Waals surface area contributed by atoms with E-state index in [0.717, 1.165) is 11.1 Å². The zero-order valence-electron chi connectivity index (χ0n) is 24.0. The van der Waals surface area contributed by atoms with Gasteiger partial charge in [0.25, 0.3) is 11.5 Å². The third-order valence-corrected chi connectivity index (χ3v) is 7.51. The van der Waals surface area contributed by atoms with Crippen LogP contribution in [0, 0.1) is 0 Å². The second-order valence-electron chi connectivity index (χ2n) is 10.7. The van der Waals surface area contributed by atoms with Gasteiger partial charge in [0.1, 0.15) is 11.5 Å². The lowest BCUT2D eigenvalue weighted by Gasteiger charge is -2.35. The molecular formula is C33H34ClN3O5. The second kappa shape index (κ2) is 12.8. The Bertz CT molecular complexity index is 1660. The van der Waals surface area contributed by atoms with Gasteiger partial charge in [0.2, 0.25) is 0 Å². The van der Waals surface area contributed by atoms with Crippen molar-refractivity contribution in [3.8, 4) is 17.2 Å². The number of fused-ring (bicyclic) bond motifs is 1. The maximum absolute atomic E-state index is 14.0. The molecule has 1 aliphatic heterocycles. The molecule has 5 rings (SSSR count). The van der Waals surface area contributed by atoms with E-state index in [1.54, 1.807) is 51.9 Å². The van der Waals surface area contributed by atoms with E-state index in [0.29, 0.717) is 65.9 Å². The van der Waals surface area contributed by atoms with Crippen LogP contribution in [0.5, 0.6) is 11.5 Å². The monoisotopic (exact) mass is 587 g/mol. The molecule has 0 bridgehead atoms. The first-order valence-electron chi connectivity index (χ1n) is 14.0. The molecule has 8 nitrogen and oxygen atoms in total. The lowest BCUT2D eigenvalue weighted by molar-refractivity contribution is -0.135. The number of nitrogens with zero attached hydrogens (tertiary/aromatic N) is 3. The minimum atomic E-state index is -0.175. The van der Waals surface area contributed by atoms with Crippen molar-refractivity contribution in [2.24, 2.45) is 0 Å². The first-order valence-corrected chi connectivity index (χ1v) is 14.4. The number of carbonyl (C=O) groups excluding carboxylic acids is 2. The number of hydrogen-bond acceptors (Lipinski definition) is 6. The van der Waals surface area contributed by atoms with E-state index in [1.165, 1.54) is 6.92 Å². The molecule has 0 unspecified atom stereocenters. The first kappa shape index (κ1) is 29.4. The highest BCUT2D eigenvalue weighted by Crippen LogP contribution is 2.28. The van der Waals surface area contributed by atoms with E-state index < -0.39 is 0 Å². The molecule has 0 atom stereocenters. The van der Waals surface area contributed by atoms with Crippen LogP contribution in [0.15, 0.2) is 77.6 Å². The van der Waals surface area contributed by atoms with Gasteiger partial charge in [0.15, 0.2) is 12.4 Å². The van der Waals surface area contributed by atoms with Crippen molar-refractivity contribution in [1.82, 2.24) is 14.4 Å². The van der Waals surface area contributed by atoms with Gasteiger partial charge in [0, 0.05) is 54.4 Å². The number of pyridine rings is 1. The molecule has 0 spiro atoms. The van der Waals surface area contributed by atoms with E-state index in [9.17, 15) is 14.4 Å².